The maximum absolute atomic E-state index is 5.77. The average Bonchev–Trinajstić information content (AvgIpc) is 2.66. The molecule has 0 N–H and O–H groups in total. The van der Waals surface area contributed by atoms with Crippen LogP contribution in [0.4, 0.5) is 0 Å². The molecule has 0 aromatic carbocycles. The molecule has 0 radical (unpaired) electrons. The molecule has 2 aliphatic rings. The lowest BCUT2D eigenvalue weighted by molar-refractivity contribution is -0.178. The topological polar surface area (TPSA) is 64.6 Å². The highest BCUT2D eigenvalue weighted by atomic mass is 16.7. The van der Waals surface area contributed by atoms with Gasteiger partial charge in [0.05, 0.1) is 39.6 Å². The van der Waals surface area contributed by atoms with Crippen LogP contribution in [-0.4, -0.2) is 78.6 Å². The van der Waals surface area contributed by atoms with Gasteiger partial charge in [0, 0.05) is 20.3 Å². The quantitative estimate of drug-likeness (QED) is 0.465. The molecule has 0 aromatic rings. The highest BCUT2D eigenvalue weighted by Gasteiger charge is 2.16. The zero-order valence-corrected chi connectivity index (χ0v) is 15.5. The second kappa shape index (κ2) is 13.9. The lowest BCUT2D eigenvalue weighted by Gasteiger charge is -2.24. The van der Waals surface area contributed by atoms with E-state index in [2.05, 4.69) is 0 Å². The molecule has 0 aromatic heterocycles. The summed E-state index contributed by atoms with van der Waals surface area (Å²) in [5.74, 6) is 0. The SMILES string of the molecule is COCC(COCCOC1CCCCO1)OCCOC1CCCCO1. The summed E-state index contributed by atoms with van der Waals surface area (Å²) in [5, 5.41) is 0. The van der Waals surface area contributed by atoms with Crippen molar-refractivity contribution in [2.45, 2.75) is 57.2 Å². The Morgan fingerprint density at radius 1 is 0.800 bits per heavy atom. The molecule has 2 fully saturated rings. The van der Waals surface area contributed by atoms with E-state index in [1.165, 1.54) is 12.8 Å². The Morgan fingerprint density at radius 2 is 1.44 bits per heavy atom. The zero-order chi connectivity index (χ0) is 17.6. The summed E-state index contributed by atoms with van der Waals surface area (Å²) in [6.07, 6.45) is 6.28. The van der Waals surface area contributed by atoms with Crippen molar-refractivity contribution in [3.05, 3.63) is 0 Å². The van der Waals surface area contributed by atoms with Crippen molar-refractivity contribution in [2.24, 2.45) is 0 Å². The maximum Gasteiger partial charge on any atom is 0.157 e. The van der Waals surface area contributed by atoms with E-state index in [1.54, 1.807) is 7.11 Å². The van der Waals surface area contributed by atoms with Crippen LogP contribution in [0, 0.1) is 0 Å². The first-order valence-electron chi connectivity index (χ1n) is 9.53. The molecule has 2 aliphatic heterocycles. The van der Waals surface area contributed by atoms with Crippen molar-refractivity contribution in [1.29, 1.82) is 0 Å². The van der Waals surface area contributed by atoms with Gasteiger partial charge < -0.3 is 33.2 Å². The second-order valence-electron chi connectivity index (χ2n) is 6.36. The molecule has 2 rings (SSSR count). The molecule has 0 spiro atoms. The van der Waals surface area contributed by atoms with Gasteiger partial charge in [-0.2, -0.15) is 0 Å². The number of methoxy groups -OCH3 is 1. The van der Waals surface area contributed by atoms with Gasteiger partial charge in [0.25, 0.3) is 0 Å². The van der Waals surface area contributed by atoms with Gasteiger partial charge in [0.15, 0.2) is 12.6 Å². The number of ether oxygens (including phenoxy) is 7. The molecule has 2 heterocycles. The molecule has 0 aliphatic carbocycles. The van der Waals surface area contributed by atoms with E-state index in [-0.39, 0.29) is 18.7 Å². The first-order valence-corrected chi connectivity index (χ1v) is 9.53. The summed E-state index contributed by atoms with van der Waals surface area (Å²) in [7, 11) is 1.66. The van der Waals surface area contributed by atoms with Crippen molar-refractivity contribution in [2.75, 3.05) is 60.0 Å². The third-order valence-corrected chi connectivity index (χ3v) is 4.20. The van der Waals surface area contributed by atoms with Gasteiger partial charge in [0.1, 0.15) is 6.10 Å². The lowest BCUT2D eigenvalue weighted by atomic mass is 10.2. The summed E-state index contributed by atoms with van der Waals surface area (Å²) in [6.45, 7) is 4.64. The fourth-order valence-corrected chi connectivity index (χ4v) is 2.86. The van der Waals surface area contributed by atoms with Crippen LogP contribution < -0.4 is 0 Å². The molecule has 25 heavy (non-hydrogen) atoms. The summed E-state index contributed by atoms with van der Waals surface area (Å²) in [6, 6.07) is 0. The molecule has 3 atom stereocenters. The number of hydrogen-bond acceptors (Lipinski definition) is 7. The van der Waals surface area contributed by atoms with Crippen LogP contribution in [0.2, 0.25) is 0 Å². The van der Waals surface area contributed by atoms with E-state index < -0.39 is 0 Å². The van der Waals surface area contributed by atoms with E-state index in [0.29, 0.717) is 39.6 Å². The van der Waals surface area contributed by atoms with E-state index >= 15 is 0 Å². The molecule has 0 amide bonds. The molecule has 148 valence electrons. The van der Waals surface area contributed by atoms with Gasteiger partial charge in [-0.25, -0.2) is 0 Å². The number of hydrogen-bond donors (Lipinski definition) is 0. The summed E-state index contributed by atoms with van der Waals surface area (Å²) < 4.78 is 38.9. The van der Waals surface area contributed by atoms with Gasteiger partial charge in [0.2, 0.25) is 0 Å². The maximum atomic E-state index is 5.77. The van der Waals surface area contributed by atoms with Gasteiger partial charge in [-0.1, -0.05) is 0 Å². The van der Waals surface area contributed by atoms with Crippen molar-refractivity contribution in [3.8, 4) is 0 Å². The van der Waals surface area contributed by atoms with Crippen molar-refractivity contribution >= 4 is 0 Å². The summed E-state index contributed by atoms with van der Waals surface area (Å²) >= 11 is 0. The Morgan fingerprint density at radius 3 is 2.00 bits per heavy atom. The van der Waals surface area contributed by atoms with Crippen LogP contribution in [0.5, 0.6) is 0 Å². The largest absolute Gasteiger partial charge is 0.382 e. The fourth-order valence-electron chi connectivity index (χ4n) is 2.86. The van der Waals surface area contributed by atoms with Gasteiger partial charge in [-0.15, -0.1) is 0 Å². The normalized spacial score (nSPS) is 25.8. The van der Waals surface area contributed by atoms with Gasteiger partial charge >= 0.3 is 0 Å². The Labute approximate surface area is 151 Å². The molecule has 3 unspecified atom stereocenters. The minimum absolute atomic E-state index is 0.0671. The minimum atomic E-state index is -0.105. The van der Waals surface area contributed by atoms with Crippen LogP contribution >= 0.6 is 0 Å². The van der Waals surface area contributed by atoms with E-state index in [1.807, 2.05) is 0 Å². The Kier molecular flexibility index (Phi) is 11.7. The first kappa shape index (κ1) is 21.0. The molecular weight excluding hydrogens is 328 g/mol. The predicted octanol–water partition coefficient (Wildman–Crippen LogP) is 2.12. The molecule has 2 saturated heterocycles. The van der Waals surface area contributed by atoms with Crippen LogP contribution in [0.15, 0.2) is 0 Å². The third-order valence-electron chi connectivity index (χ3n) is 4.20. The van der Waals surface area contributed by atoms with Crippen LogP contribution in [0.25, 0.3) is 0 Å². The van der Waals surface area contributed by atoms with Crippen LogP contribution in [0.3, 0.4) is 0 Å². The third kappa shape index (κ3) is 9.84. The monoisotopic (exact) mass is 362 g/mol. The second-order valence-corrected chi connectivity index (χ2v) is 6.36. The highest BCUT2D eigenvalue weighted by Crippen LogP contribution is 2.14. The predicted molar refractivity (Wildman–Crippen MR) is 91.5 cm³/mol. The number of rotatable bonds is 13. The molecular formula is C18H34O7. The van der Waals surface area contributed by atoms with Gasteiger partial charge in [-0.3, -0.25) is 0 Å². The molecule has 0 saturated carbocycles. The molecule has 7 heteroatoms. The average molecular weight is 362 g/mol. The minimum Gasteiger partial charge on any atom is -0.382 e. The molecule has 0 bridgehead atoms. The van der Waals surface area contributed by atoms with E-state index in [4.69, 9.17) is 33.2 Å². The lowest BCUT2D eigenvalue weighted by Crippen LogP contribution is -2.29. The highest BCUT2D eigenvalue weighted by molar-refractivity contribution is 4.57. The molecule has 7 nitrogen and oxygen atoms in total. The Bertz CT molecular complexity index is 304. The van der Waals surface area contributed by atoms with E-state index in [9.17, 15) is 0 Å². The summed E-state index contributed by atoms with van der Waals surface area (Å²) in [5.41, 5.74) is 0. The zero-order valence-electron chi connectivity index (χ0n) is 15.5. The first-order chi connectivity index (χ1) is 12.4. The summed E-state index contributed by atoms with van der Waals surface area (Å²) in [4.78, 5) is 0. The fraction of sp³-hybridized carbons (Fsp3) is 1.00. The van der Waals surface area contributed by atoms with Crippen molar-refractivity contribution in [3.63, 3.8) is 0 Å². The Balaban J connectivity index is 1.46. The standard InChI is InChI=1S/C18H34O7/c1-19-14-16(21-12-13-25-18-7-3-5-9-23-18)15-20-10-11-24-17-6-2-4-8-22-17/h16-18H,2-15H2,1H3. The van der Waals surface area contributed by atoms with E-state index in [0.717, 1.165) is 38.9 Å². The smallest absolute Gasteiger partial charge is 0.157 e. The van der Waals surface area contributed by atoms with Crippen molar-refractivity contribution in [1.82, 2.24) is 0 Å². The van der Waals surface area contributed by atoms with Crippen LogP contribution in [0.1, 0.15) is 38.5 Å². The van der Waals surface area contributed by atoms with Crippen LogP contribution in [-0.2, 0) is 33.2 Å². The Hall–Kier alpha value is -0.280. The van der Waals surface area contributed by atoms with Crippen molar-refractivity contribution < 1.29 is 33.2 Å². The van der Waals surface area contributed by atoms with Gasteiger partial charge in [-0.05, 0) is 38.5 Å².